The molecular formula is C49H31N3OS. The van der Waals surface area contributed by atoms with Crippen LogP contribution in [-0.2, 0) is 0 Å². The van der Waals surface area contributed by atoms with Crippen LogP contribution >= 0.6 is 11.3 Å². The van der Waals surface area contributed by atoms with Crippen molar-refractivity contribution in [3.8, 4) is 22.3 Å². The molecule has 1 unspecified atom stereocenters. The average molecular weight is 710 g/mol. The lowest BCUT2D eigenvalue weighted by molar-refractivity contribution is 0.668. The van der Waals surface area contributed by atoms with Crippen molar-refractivity contribution in [2.45, 2.75) is 6.17 Å². The molecule has 0 saturated carbocycles. The number of aliphatic imine (C=N–C) groups is 2. The van der Waals surface area contributed by atoms with Gasteiger partial charge in [-0.15, -0.1) is 11.3 Å². The molecule has 0 amide bonds. The smallest absolute Gasteiger partial charge is 0.160 e. The number of nitrogens with one attached hydrogen (secondary N) is 1. The zero-order valence-corrected chi connectivity index (χ0v) is 29.8. The Labute approximate surface area is 315 Å². The second-order valence-electron chi connectivity index (χ2n) is 13.8. The summed E-state index contributed by atoms with van der Waals surface area (Å²) in [7, 11) is 0. The molecule has 0 fully saturated rings. The van der Waals surface area contributed by atoms with Crippen LogP contribution < -0.4 is 5.32 Å². The van der Waals surface area contributed by atoms with E-state index in [0.29, 0.717) is 5.84 Å². The Morgan fingerprint density at radius 3 is 2.15 bits per heavy atom. The number of rotatable bonds is 5. The van der Waals surface area contributed by atoms with Crippen LogP contribution in [0.25, 0.3) is 75.1 Å². The molecule has 11 rings (SSSR count). The second-order valence-corrected chi connectivity index (χ2v) is 14.9. The topological polar surface area (TPSA) is 49.9 Å². The number of benzene rings is 8. The van der Waals surface area contributed by atoms with Gasteiger partial charge in [-0.2, -0.15) is 0 Å². The van der Waals surface area contributed by atoms with E-state index in [0.717, 1.165) is 55.6 Å². The number of amidine groups is 2. The molecule has 0 saturated heterocycles. The second kappa shape index (κ2) is 12.4. The minimum absolute atomic E-state index is 0.349. The van der Waals surface area contributed by atoms with Crippen LogP contribution in [0.15, 0.2) is 190 Å². The Kier molecular flexibility index (Phi) is 7.07. The van der Waals surface area contributed by atoms with E-state index in [9.17, 15) is 0 Å². The lowest BCUT2D eigenvalue weighted by Crippen LogP contribution is -2.33. The summed E-state index contributed by atoms with van der Waals surface area (Å²) in [5.74, 6) is 1.46. The highest BCUT2D eigenvalue weighted by Gasteiger charge is 2.24. The Bertz CT molecular complexity index is 3150. The van der Waals surface area contributed by atoms with E-state index < -0.39 is 0 Å². The number of nitrogens with zero attached hydrogens (tertiary/aromatic N) is 2. The number of hydrogen-bond acceptors (Lipinski definition) is 5. The van der Waals surface area contributed by atoms with Gasteiger partial charge >= 0.3 is 0 Å². The van der Waals surface area contributed by atoms with Crippen LogP contribution in [0.1, 0.15) is 22.9 Å². The molecule has 1 N–H and O–H groups in total. The van der Waals surface area contributed by atoms with Crippen molar-refractivity contribution in [2.75, 3.05) is 0 Å². The number of furan rings is 1. The van der Waals surface area contributed by atoms with E-state index in [4.69, 9.17) is 14.4 Å². The molecule has 8 aromatic carbocycles. The van der Waals surface area contributed by atoms with Crippen molar-refractivity contribution in [1.29, 1.82) is 0 Å². The van der Waals surface area contributed by atoms with Crippen molar-refractivity contribution in [3.05, 3.63) is 193 Å². The van der Waals surface area contributed by atoms with Crippen LogP contribution in [-0.4, -0.2) is 11.7 Å². The van der Waals surface area contributed by atoms with Gasteiger partial charge in [-0.25, -0.2) is 9.98 Å². The fraction of sp³-hybridized carbons (Fsp3) is 0.0204. The standard InChI is InChI=1S/C49H31N3OS/c1-2-10-30(11-3-1)33-14-8-15-34(26-33)35-23-25-42-41(28-35)46-40(17-9-18-43(46)53-42)49-51-47(36-21-20-31-12-4-5-13-32(31)27-36)50-48(52-49)37-22-24-39-38-16-6-7-19-44(38)54-45(39)29-37/h1-29,48H,(H,50,51,52). The highest BCUT2D eigenvalue weighted by Crippen LogP contribution is 2.38. The maximum absolute atomic E-state index is 6.50. The highest BCUT2D eigenvalue weighted by atomic mass is 32.1. The van der Waals surface area contributed by atoms with Gasteiger partial charge in [0.25, 0.3) is 0 Å². The minimum Gasteiger partial charge on any atom is -0.456 e. The molecule has 54 heavy (non-hydrogen) atoms. The summed E-state index contributed by atoms with van der Waals surface area (Å²) in [5.41, 5.74) is 9.34. The van der Waals surface area contributed by atoms with Crippen LogP contribution in [0.3, 0.4) is 0 Å². The van der Waals surface area contributed by atoms with Crippen molar-refractivity contribution < 1.29 is 4.42 Å². The van der Waals surface area contributed by atoms with Crippen LogP contribution in [0.5, 0.6) is 0 Å². The van der Waals surface area contributed by atoms with Gasteiger partial charge in [0.1, 0.15) is 23.2 Å². The van der Waals surface area contributed by atoms with E-state index in [2.05, 4.69) is 169 Å². The first-order valence-electron chi connectivity index (χ1n) is 18.2. The molecule has 1 aliphatic heterocycles. The van der Waals surface area contributed by atoms with E-state index in [1.165, 1.54) is 42.1 Å². The molecule has 3 heterocycles. The zero-order valence-electron chi connectivity index (χ0n) is 29.0. The van der Waals surface area contributed by atoms with Crippen molar-refractivity contribution in [3.63, 3.8) is 0 Å². The van der Waals surface area contributed by atoms with E-state index in [-0.39, 0.29) is 6.17 Å². The molecule has 0 aliphatic carbocycles. The summed E-state index contributed by atoms with van der Waals surface area (Å²) in [4.78, 5) is 10.6. The summed E-state index contributed by atoms with van der Waals surface area (Å²) in [5, 5.41) is 10.7. The fourth-order valence-electron chi connectivity index (χ4n) is 7.84. The quantitative estimate of drug-likeness (QED) is 0.193. The molecule has 254 valence electrons. The first-order chi connectivity index (χ1) is 26.7. The van der Waals surface area contributed by atoms with Gasteiger partial charge in [-0.05, 0) is 81.1 Å². The highest BCUT2D eigenvalue weighted by molar-refractivity contribution is 7.25. The van der Waals surface area contributed by atoms with Gasteiger partial charge in [0.2, 0.25) is 0 Å². The average Bonchev–Trinajstić information content (AvgIpc) is 3.81. The number of thiophene rings is 1. The maximum Gasteiger partial charge on any atom is 0.160 e. The summed E-state index contributed by atoms with van der Waals surface area (Å²) >= 11 is 1.82. The van der Waals surface area contributed by atoms with Crippen LogP contribution in [0.4, 0.5) is 0 Å². The largest absolute Gasteiger partial charge is 0.456 e. The molecule has 1 atom stereocenters. The predicted octanol–water partition coefficient (Wildman–Crippen LogP) is 12.9. The van der Waals surface area contributed by atoms with Crippen molar-refractivity contribution in [1.82, 2.24) is 5.32 Å². The fourth-order valence-corrected chi connectivity index (χ4v) is 8.99. The first kappa shape index (κ1) is 30.8. The Hall–Kier alpha value is -6.82. The molecule has 0 spiro atoms. The predicted molar refractivity (Wildman–Crippen MR) is 227 cm³/mol. The third-order valence-electron chi connectivity index (χ3n) is 10.5. The van der Waals surface area contributed by atoms with Crippen molar-refractivity contribution in [2.24, 2.45) is 9.98 Å². The summed E-state index contributed by atoms with van der Waals surface area (Å²) in [6, 6.07) is 62.2. The molecule has 2 aromatic heterocycles. The molecule has 1 aliphatic rings. The molecule has 4 nitrogen and oxygen atoms in total. The van der Waals surface area contributed by atoms with Gasteiger partial charge in [0.05, 0.1) is 0 Å². The first-order valence-corrected chi connectivity index (χ1v) is 19.0. The maximum atomic E-state index is 6.50. The van der Waals surface area contributed by atoms with E-state index in [1.54, 1.807) is 0 Å². The molecule has 5 heteroatoms. The van der Waals surface area contributed by atoms with Crippen LogP contribution in [0, 0.1) is 0 Å². The van der Waals surface area contributed by atoms with Crippen molar-refractivity contribution >= 4 is 75.9 Å². The summed E-state index contributed by atoms with van der Waals surface area (Å²) in [6.07, 6.45) is -0.349. The van der Waals surface area contributed by atoms with Gasteiger partial charge in [-0.3, -0.25) is 0 Å². The van der Waals surface area contributed by atoms with Gasteiger partial charge in [0.15, 0.2) is 5.84 Å². The lowest BCUT2D eigenvalue weighted by Gasteiger charge is -2.24. The Balaban J connectivity index is 1.08. The SMILES string of the molecule is c1ccc(-c2cccc(-c3ccc4oc5cccc(C6=NC(c7ccc8c(c7)sc7ccccc78)NC(c7ccc8ccccc8c7)=N6)c5c4c3)c2)cc1. The Morgan fingerprint density at radius 2 is 1.22 bits per heavy atom. The summed E-state index contributed by atoms with van der Waals surface area (Å²) < 4.78 is 9.03. The normalized spacial score (nSPS) is 14.5. The van der Waals surface area contributed by atoms with Gasteiger partial charge in [-0.1, -0.05) is 133 Å². The van der Waals surface area contributed by atoms with E-state index >= 15 is 0 Å². The number of hydrogen-bond donors (Lipinski definition) is 1. The van der Waals surface area contributed by atoms with Crippen LogP contribution in [0.2, 0.25) is 0 Å². The summed E-state index contributed by atoms with van der Waals surface area (Å²) in [6.45, 7) is 0. The zero-order chi connectivity index (χ0) is 35.6. The van der Waals surface area contributed by atoms with Gasteiger partial charge in [0, 0.05) is 42.1 Å². The monoisotopic (exact) mass is 709 g/mol. The minimum atomic E-state index is -0.349. The van der Waals surface area contributed by atoms with E-state index in [1.807, 2.05) is 23.5 Å². The third kappa shape index (κ3) is 5.20. The lowest BCUT2D eigenvalue weighted by atomic mass is 9.97. The third-order valence-corrected chi connectivity index (χ3v) is 11.7. The van der Waals surface area contributed by atoms with Gasteiger partial charge < -0.3 is 9.73 Å². The molecular weight excluding hydrogens is 679 g/mol. The molecule has 0 bridgehead atoms. The molecule has 10 aromatic rings. The molecule has 0 radical (unpaired) electrons. The Morgan fingerprint density at radius 1 is 0.481 bits per heavy atom. The number of fused-ring (bicyclic) bond motifs is 7.